The summed E-state index contributed by atoms with van der Waals surface area (Å²) >= 11 is 0. The van der Waals surface area contributed by atoms with Gasteiger partial charge in [-0.15, -0.1) is 0 Å². The molecule has 0 unspecified atom stereocenters. The molecule has 20 heavy (non-hydrogen) atoms. The van der Waals surface area contributed by atoms with Crippen molar-refractivity contribution in [2.75, 3.05) is 33.3 Å². The average Bonchev–Trinajstić information content (AvgIpc) is 2.89. The molecule has 1 aliphatic heterocycles. The maximum atomic E-state index is 5.71. The maximum Gasteiger partial charge on any atom is 0.193 e. The van der Waals surface area contributed by atoms with Crippen LogP contribution in [0.2, 0.25) is 0 Å². The second-order valence-electron chi connectivity index (χ2n) is 6.56. The molecule has 4 nitrogen and oxygen atoms in total. The van der Waals surface area contributed by atoms with E-state index in [1.165, 1.54) is 25.7 Å². The molecule has 2 rings (SSSR count). The summed E-state index contributed by atoms with van der Waals surface area (Å²) in [6, 6.07) is 0. The molecule has 0 amide bonds. The van der Waals surface area contributed by atoms with Gasteiger partial charge in [0.2, 0.25) is 0 Å². The first-order valence-corrected chi connectivity index (χ1v) is 8.24. The fraction of sp³-hybridized carbons (Fsp3) is 0.938. The molecule has 0 atom stereocenters. The SMILES string of the molecule is CCOC1CCN(C(=NC)NCC2(C)CCCC2)CC1. The van der Waals surface area contributed by atoms with E-state index < -0.39 is 0 Å². The number of hydrogen-bond donors (Lipinski definition) is 1. The van der Waals surface area contributed by atoms with Crippen molar-refractivity contribution >= 4 is 5.96 Å². The van der Waals surface area contributed by atoms with Crippen molar-refractivity contribution < 1.29 is 4.74 Å². The summed E-state index contributed by atoms with van der Waals surface area (Å²) < 4.78 is 5.71. The number of nitrogens with zero attached hydrogens (tertiary/aromatic N) is 2. The minimum absolute atomic E-state index is 0.446. The van der Waals surface area contributed by atoms with Gasteiger partial charge in [-0.05, 0) is 38.0 Å². The number of guanidine groups is 1. The van der Waals surface area contributed by atoms with Gasteiger partial charge in [-0.2, -0.15) is 0 Å². The highest BCUT2D eigenvalue weighted by molar-refractivity contribution is 5.80. The molecule has 2 aliphatic rings. The highest BCUT2D eigenvalue weighted by Gasteiger charge is 2.29. The average molecular weight is 281 g/mol. The molecule has 0 bridgehead atoms. The van der Waals surface area contributed by atoms with Crippen LogP contribution in [0.25, 0.3) is 0 Å². The predicted molar refractivity (Wildman–Crippen MR) is 84.2 cm³/mol. The Morgan fingerprint density at radius 2 is 1.95 bits per heavy atom. The highest BCUT2D eigenvalue weighted by Crippen LogP contribution is 2.36. The Morgan fingerprint density at radius 1 is 1.30 bits per heavy atom. The first kappa shape index (κ1) is 15.6. The normalized spacial score (nSPS) is 24.1. The molecule has 1 N–H and O–H groups in total. The second kappa shape index (κ2) is 7.30. The van der Waals surface area contributed by atoms with Crippen molar-refractivity contribution in [2.45, 2.75) is 58.5 Å². The van der Waals surface area contributed by atoms with E-state index in [0.717, 1.165) is 45.0 Å². The first-order chi connectivity index (χ1) is 9.67. The summed E-state index contributed by atoms with van der Waals surface area (Å²) in [4.78, 5) is 6.85. The lowest BCUT2D eigenvalue weighted by Gasteiger charge is -2.35. The van der Waals surface area contributed by atoms with Gasteiger partial charge in [0.15, 0.2) is 5.96 Å². The van der Waals surface area contributed by atoms with Crippen LogP contribution in [0.5, 0.6) is 0 Å². The Morgan fingerprint density at radius 3 is 2.50 bits per heavy atom. The van der Waals surface area contributed by atoms with E-state index in [4.69, 9.17) is 4.74 Å². The molecule has 0 aromatic heterocycles. The van der Waals surface area contributed by atoms with Gasteiger partial charge in [-0.3, -0.25) is 4.99 Å². The van der Waals surface area contributed by atoms with E-state index in [9.17, 15) is 0 Å². The molecule has 1 saturated carbocycles. The van der Waals surface area contributed by atoms with E-state index in [1.807, 2.05) is 7.05 Å². The number of likely N-dealkylation sites (tertiary alicyclic amines) is 1. The zero-order valence-corrected chi connectivity index (χ0v) is 13.5. The smallest absolute Gasteiger partial charge is 0.193 e. The van der Waals surface area contributed by atoms with Crippen LogP contribution in [0.4, 0.5) is 0 Å². The minimum Gasteiger partial charge on any atom is -0.378 e. The van der Waals surface area contributed by atoms with Crippen molar-refractivity contribution in [3.05, 3.63) is 0 Å². The first-order valence-electron chi connectivity index (χ1n) is 8.24. The fourth-order valence-corrected chi connectivity index (χ4v) is 3.50. The lowest BCUT2D eigenvalue weighted by Crippen LogP contribution is -2.49. The fourth-order valence-electron chi connectivity index (χ4n) is 3.50. The molecular formula is C16H31N3O. The van der Waals surface area contributed by atoms with Crippen LogP contribution < -0.4 is 5.32 Å². The molecule has 1 saturated heterocycles. The Hall–Kier alpha value is -0.770. The molecule has 4 heteroatoms. The van der Waals surface area contributed by atoms with E-state index in [0.29, 0.717) is 11.5 Å². The molecular weight excluding hydrogens is 250 g/mol. The van der Waals surface area contributed by atoms with Gasteiger partial charge in [0.25, 0.3) is 0 Å². The summed E-state index contributed by atoms with van der Waals surface area (Å²) in [7, 11) is 1.90. The van der Waals surface area contributed by atoms with Gasteiger partial charge in [0.1, 0.15) is 0 Å². The minimum atomic E-state index is 0.446. The van der Waals surface area contributed by atoms with Gasteiger partial charge in [-0.25, -0.2) is 0 Å². The quantitative estimate of drug-likeness (QED) is 0.636. The molecule has 1 heterocycles. The van der Waals surface area contributed by atoms with Crippen LogP contribution in [-0.2, 0) is 4.74 Å². The summed E-state index contributed by atoms with van der Waals surface area (Å²) in [5, 5.41) is 3.60. The number of nitrogens with one attached hydrogen (secondary N) is 1. The molecule has 0 aromatic rings. The largest absolute Gasteiger partial charge is 0.378 e. The molecule has 116 valence electrons. The van der Waals surface area contributed by atoms with Crippen molar-refractivity contribution in [2.24, 2.45) is 10.4 Å². The van der Waals surface area contributed by atoms with Crippen LogP contribution in [0, 0.1) is 5.41 Å². The van der Waals surface area contributed by atoms with Crippen molar-refractivity contribution in [3.8, 4) is 0 Å². The molecule has 0 radical (unpaired) electrons. The van der Waals surface area contributed by atoms with E-state index in [1.54, 1.807) is 0 Å². The van der Waals surface area contributed by atoms with Crippen molar-refractivity contribution in [1.82, 2.24) is 10.2 Å². The van der Waals surface area contributed by atoms with Crippen molar-refractivity contribution in [3.63, 3.8) is 0 Å². The third-order valence-corrected chi connectivity index (χ3v) is 4.84. The van der Waals surface area contributed by atoms with Crippen LogP contribution in [0.1, 0.15) is 52.4 Å². The summed E-state index contributed by atoms with van der Waals surface area (Å²) in [6.07, 6.45) is 8.15. The number of piperidine rings is 1. The predicted octanol–water partition coefficient (Wildman–Crippen LogP) is 2.64. The Labute approximate surface area is 124 Å². The number of rotatable bonds is 4. The molecule has 0 spiro atoms. The van der Waals surface area contributed by atoms with Crippen LogP contribution in [0.15, 0.2) is 4.99 Å². The van der Waals surface area contributed by atoms with Gasteiger partial charge in [0, 0.05) is 33.3 Å². The van der Waals surface area contributed by atoms with Crippen LogP contribution >= 0.6 is 0 Å². The standard InChI is InChI=1S/C16H31N3O/c1-4-20-14-7-11-19(12-8-14)15(17-3)18-13-16(2)9-5-6-10-16/h14H,4-13H2,1-3H3,(H,17,18). The number of hydrogen-bond acceptors (Lipinski definition) is 2. The van der Waals surface area contributed by atoms with Gasteiger partial charge in [0.05, 0.1) is 6.10 Å². The van der Waals surface area contributed by atoms with E-state index in [-0.39, 0.29) is 0 Å². The zero-order valence-electron chi connectivity index (χ0n) is 13.5. The summed E-state index contributed by atoms with van der Waals surface area (Å²) in [5.41, 5.74) is 0.472. The molecule has 2 fully saturated rings. The van der Waals surface area contributed by atoms with Crippen LogP contribution in [0.3, 0.4) is 0 Å². The van der Waals surface area contributed by atoms with Gasteiger partial charge in [-0.1, -0.05) is 19.8 Å². The van der Waals surface area contributed by atoms with E-state index >= 15 is 0 Å². The molecule has 0 aromatic carbocycles. The number of ether oxygens (including phenoxy) is 1. The second-order valence-corrected chi connectivity index (χ2v) is 6.56. The Bertz CT molecular complexity index is 316. The third-order valence-electron chi connectivity index (χ3n) is 4.84. The summed E-state index contributed by atoms with van der Waals surface area (Å²) in [5.74, 6) is 1.08. The highest BCUT2D eigenvalue weighted by atomic mass is 16.5. The Balaban J connectivity index is 1.78. The lowest BCUT2D eigenvalue weighted by atomic mass is 9.89. The van der Waals surface area contributed by atoms with Crippen molar-refractivity contribution in [1.29, 1.82) is 0 Å². The zero-order chi connectivity index (χ0) is 14.4. The van der Waals surface area contributed by atoms with Crippen LogP contribution in [-0.4, -0.2) is 50.3 Å². The molecule has 1 aliphatic carbocycles. The lowest BCUT2D eigenvalue weighted by molar-refractivity contribution is 0.0263. The third kappa shape index (κ3) is 4.11. The topological polar surface area (TPSA) is 36.9 Å². The number of aliphatic imine (C=N–C) groups is 1. The monoisotopic (exact) mass is 281 g/mol. The van der Waals surface area contributed by atoms with E-state index in [2.05, 4.69) is 29.1 Å². The van der Waals surface area contributed by atoms with Gasteiger partial charge >= 0.3 is 0 Å². The Kier molecular flexibility index (Phi) is 5.70. The summed E-state index contributed by atoms with van der Waals surface area (Å²) in [6.45, 7) is 8.49. The maximum absolute atomic E-state index is 5.71. The van der Waals surface area contributed by atoms with Gasteiger partial charge < -0.3 is 15.0 Å².